The van der Waals surface area contributed by atoms with Crippen molar-refractivity contribution in [3.8, 4) is 17.1 Å². The second-order valence-electron chi connectivity index (χ2n) is 4.24. The molecule has 5 nitrogen and oxygen atoms in total. The van der Waals surface area contributed by atoms with Crippen LogP contribution in [0.2, 0.25) is 0 Å². The van der Waals surface area contributed by atoms with Crippen LogP contribution in [0.4, 0.5) is 5.69 Å². The zero-order valence-electron chi connectivity index (χ0n) is 11.5. The Hall–Kier alpha value is -2.27. The van der Waals surface area contributed by atoms with Gasteiger partial charge in [-0.1, -0.05) is 6.92 Å². The Morgan fingerprint density at radius 2 is 2.15 bits per heavy atom. The van der Waals surface area contributed by atoms with E-state index in [4.69, 9.17) is 14.3 Å². The van der Waals surface area contributed by atoms with Gasteiger partial charge in [-0.25, -0.2) is 0 Å². The van der Waals surface area contributed by atoms with Crippen LogP contribution in [0.25, 0.3) is 11.3 Å². The number of ether oxygens (including phenoxy) is 1. The van der Waals surface area contributed by atoms with E-state index < -0.39 is 0 Å². The van der Waals surface area contributed by atoms with Crippen molar-refractivity contribution in [1.82, 2.24) is 0 Å². The summed E-state index contributed by atoms with van der Waals surface area (Å²) in [6.45, 7) is 1.64. The normalized spacial score (nSPS) is 10.3. The van der Waals surface area contributed by atoms with Gasteiger partial charge in [0.15, 0.2) is 0 Å². The van der Waals surface area contributed by atoms with Gasteiger partial charge in [-0.2, -0.15) is 0 Å². The molecule has 5 heteroatoms. The average molecular weight is 275 g/mol. The summed E-state index contributed by atoms with van der Waals surface area (Å²) in [5.74, 6) is 1.62. The maximum Gasteiger partial charge on any atom is 0.224 e. The number of furan rings is 1. The van der Waals surface area contributed by atoms with Crippen LogP contribution in [0.5, 0.6) is 5.75 Å². The summed E-state index contributed by atoms with van der Waals surface area (Å²) in [5, 5.41) is 11.8. The number of hydrogen-bond acceptors (Lipinski definition) is 4. The van der Waals surface area contributed by atoms with Gasteiger partial charge < -0.3 is 19.6 Å². The second kappa shape index (κ2) is 6.25. The lowest BCUT2D eigenvalue weighted by Crippen LogP contribution is -2.10. The molecule has 0 atom stereocenters. The monoisotopic (exact) mass is 275 g/mol. The minimum absolute atomic E-state index is 0.0871. The van der Waals surface area contributed by atoms with Crippen LogP contribution in [-0.4, -0.2) is 18.1 Å². The van der Waals surface area contributed by atoms with Crippen LogP contribution in [0, 0.1) is 0 Å². The van der Waals surface area contributed by atoms with Crippen LogP contribution < -0.4 is 10.1 Å². The largest absolute Gasteiger partial charge is 0.495 e. The molecule has 0 fully saturated rings. The van der Waals surface area contributed by atoms with Gasteiger partial charge in [-0.05, 0) is 30.3 Å². The van der Waals surface area contributed by atoms with Crippen molar-refractivity contribution in [2.45, 2.75) is 20.0 Å². The summed E-state index contributed by atoms with van der Waals surface area (Å²) in [6.07, 6.45) is 0.392. The van der Waals surface area contributed by atoms with Crippen molar-refractivity contribution in [3.63, 3.8) is 0 Å². The topological polar surface area (TPSA) is 71.7 Å². The average Bonchev–Trinajstić information content (AvgIpc) is 2.96. The fraction of sp³-hybridized carbons (Fsp3) is 0.267. The lowest BCUT2D eigenvalue weighted by molar-refractivity contribution is -0.115. The molecule has 2 aromatic rings. The summed E-state index contributed by atoms with van der Waals surface area (Å²) in [6, 6.07) is 8.87. The molecule has 106 valence electrons. The number of aliphatic hydroxyl groups excluding tert-OH is 1. The molecule has 1 aromatic carbocycles. The smallest absolute Gasteiger partial charge is 0.224 e. The molecule has 2 N–H and O–H groups in total. The quantitative estimate of drug-likeness (QED) is 0.880. The zero-order valence-corrected chi connectivity index (χ0v) is 11.5. The van der Waals surface area contributed by atoms with Crippen molar-refractivity contribution in [1.29, 1.82) is 0 Å². The van der Waals surface area contributed by atoms with Gasteiger partial charge in [0.25, 0.3) is 0 Å². The third kappa shape index (κ3) is 3.00. The number of hydrogen-bond donors (Lipinski definition) is 2. The number of carbonyl (C=O) groups is 1. The van der Waals surface area contributed by atoms with Crippen LogP contribution in [0.15, 0.2) is 34.7 Å². The van der Waals surface area contributed by atoms with Crippen LogP contribution in [-0.2, 0) is 11.4 Å². The predicted molar refractivity (Wildman–Crippen MR) is 75.5 cm³/mol. The Labute approximate surface area is 117 Å². The molecule has 0 spiro atoms. The number of aliphatic hydroxyl groups is 1. The SMILES string of the molecule is CCC(=O)Nc1cc(-c2ccc(CO)o2)ccc1OC. The summed E-state index contributed by atoms with van der Waals surface area (Å²) in [7, 11) is 1.55. The molecule has 1 amide bonds. The van der Waals surface area contributed by atoms with Gasteiger partial charge in [-0.15, -0.1) is 0 Å². The number of nitrogens with one attached hydrogen (secondary N) is 1. The number of benzene rings is 1. The highest BCUT2D eigenvalue weighted by Gasteiger charge is 2.10. The number of carbonyl (C=O) groups excluding carboxylic acids is 1. The minimum atomic E-state index is -0.143. The summed E-state index contributed by atoms with van der Waals surface area (Å²) in [4.78, 5) is 11.5. The Morgan fingerprint density at radius 1 is 1.35 bits per heavy atom. The van der Waals surface area contributed by atoms with E-state index in [1.807, 2.05) is 6.07 Å². The first kappa shape index (κ1) is 14.1. The van der Waals surface area contributed by atoms with Crippen molar-refractivity contribution < 1.29 is 19.1 Å². The van der Waals surface area contributed by atoms with Gasteiger partial charge in [0.1, 0.15) is 23.9 Å². The fourth-order valence-electron chi connectivity index (χ4n) is 1.82. The maximum absolute atomic E-state index is 11.5. The van der Waals surface area contributed by atoms with E-state index in [-0.39, 0.29) is 12.5 Å². The van der Waals surface area contributed by atoms with Crippen molar-refractivity contribution in [2.24, 2.45) is 0 Å². The summed E-state index contributed by atoms with van der Waals surface area (Å²) >= 11 is 0. The number of anilines is 1. The second-order valence-corrected chi connectivity index (χ2v) is 4.24. The predicted octanol–water partition coefficient (Wildman–Crippen LogP) is 2.80. The number of rotatable bonds is 5. The highest BCUT2D eigenvalue weighted by Crippen LogP contribution is 2.31. The standard InChI is InChI=1S/C15H17NO4/c1-3-15(18)16-12-8-10(4-6-14(12)19-2)13-7-5-11(9-17)20-13/h4-8,17H,3,9H2,1-2H3,(H,16,18). The molecule has 0 saturated carbocycles. The summed E-state index contributed by atoms with van der Waals surface area (Å²) < 4.78 is 10.7. The Morgan fingerprint density at radius 3 is 2.75 bits per heavy atom. The van der Waals surface area contributed by atoms with Gasteiger partial charge >= 0.3 is 0 Å². The van der Waals surface area contributed by atoms with Crippen LogP contribution in [0.1, 0.15) is 19.1 Å². The van der Waals surface area contributed by atoms with Crippen molar-refractivity contribution in [2.75, 3.05) is 12.4 Å². The van der Waals surface area contributed by atoms with Gasteiger partial charge in [0.05, 0.1) is 12.8 Å². The zero-order chi connectivity index (χ0) is 14.5. The van der Waals surface area contributed by atoms with E-state index in [0.717, 1.165) is 5.56 Å². The lowest BCUT2D eigenvalue weighted by atomic mass is 10.1. The third-order valence-electron chi connectivity index (χ3n) is 2.90. The first-order valence-electron chi connectivity index (χ1n) is 6.35. The maximum atomic E-state index is 11.5. The summed E-state index contributed by atoms with van der Waals surface area (Å²) in [5.41, 5.74) is 1.40. The molecule has 1 heterocycles. The Balaban J connectivity index is 2.35. The molecule has 0 aliphatic rings. The van der Waals surface area contributed by atoms with E-state index >= 15 is 0 Å². The van der Waals surface area contributed by atoms with E-state index in [9.17, 15) is 4.79 Å². The molecule has 20 heavy (non-hydrogen) atoms. The highest BCUT2D eigenvalue weighted by molar-refractivity contribution is 5.92. The van der Waals surface area contributed by atoms with Crippen molar-refractivity contribution in [3.05, 3.63) is 36.1 Å². The van der Waals surface area contributed by atoms with E-state index in [0.29, 0.717) is 29.4 Å². The molecule has 0 aliphatic heterocycles. The van der Waals surface area contributed by atoms with Gasteiger partial charge in [0, 0.05) is 12.0 Å². The first-order valence-corrected chi connectivity index (χ1v) is 6.35. The highest BCUT2D eigenvalue weighted by atomic mass is 16.5. The van der Waals surface area contributed by atoms with Crippen LogP contribution in [0.3, 0.4) is 0 Å². The molecular formula is C15H17NO4. The molecule has 1 aromatic heterocycles. The van der Waals surface area contributed by atoms with Gasteiger partial charge in [-0.3, -0.25) is 4.79 Å². The molecule has 0 bridgehead atoms. The molecular weight excluding hydrogens is 258 g/mol. The lowest BCUT2D eigenvalue weighted by Gasteiger charge is -2.10. The Kier molecular flexibility index (Phi) is 4.42. The number of methoxy groups -OCH3 is 1. The molecule has 2 rings (SSSR count). The molecule has 0 aliphatic carbocycles. The van der Waals surface area contributed by atoms with Crippen molar-refractivity contribution >= 4 is 11.6 Å². The first-order chi connectivity index (χ1) is 9.67. The van der Waals surface area contributed by atoms with E-state index in [2.05, 4.69) is 5.32 Å². The van der Waals surface area contributed by atoms with E-state index in [1.165, 1.54) is 0 Å². The third-order valence-corrected chi connectivity index (χ3v) is 2.90. The fourth-order valence-corrected chi connectivity index (χ4v) is 1.82. The number of amides is 1. The molecule has 0 saturated heterocycles. The molecule has 0 radical (unpaired) electrons. The van der Waals surface area contributed by atoms with Crippen LogP contribution >= 0.6 is 0 Å². The molecule has 0 unspecified atom stereocenters. The minimum Gasteiger partial charge on any atom is -0.495 e. The van der Waals surface area contributed by atoms with E-state index in [1.54, 1.807) is 38.3 Å². The Bertz CT molecular complexity index is 604. The van der Waals surface area contributed by atoms with Gasteiger partial charge in [0.2, 0.25) is 5.91 Å².